The maximum atomic E-state index is 15.1. The standard InChI is InChI=1S/C40H36ClF5N6O5S/c1-24(28-14-19-32(41)31(20-28)33-47-23-48-52(33)35(42)43)51-34(53)39(22-38(2,3)40(44,45)46,50-36(51)49-37(54)57-21-25-8-6-5-7-9-25)29-15-10-26(11-16-29)27-12-17-30(18-13-27)58(4,55)56/h5-20,23-24,35H,21-22H2,1-4H3,(H,49,50,54)/t24-,39+/m0/s1. The number of benzene rings is 4. The van der Waals surface area contributed by atoms with Crippen LogP contribution in [-0.4, -0.2) is 58.5 Å². The van der Waals surface area contributed by atoms with Gasteiger partial charge in [0.1, 0.15) is 12.9 Å². The fourth-order valence-corrected chi connectivity index (χ4v) is 7.40. The number of halogens is 6. The van der Waals surface area contributed by atoms with Crippen molar-refractivity contribution in [3.8, 4) is 22.5 Å². The lowest BCUT2D eigenvalue weighted by atomic mass is 9.74. The molecule has 1 aliphatic heterocycles. The van der Waals surface area contributed by atoms with Gasteiger partial charge in [0.15, 0.2) is 21.2 Å². The Morgan fingerprint density at radius 2 is 1.57 bits per heavy atom. The number of alkyl halides is 5. The monoisotopic (exact) mass is 842 g/mol. The smallest absolute Gasteiger partial charge is 0.414 e. The summed E-state index contributed by atoms with van der Waals surface area (Å²) in [5, 5.41) is 6.05. The van der Waals surface area contributed by atoms with Gasteiger partial charge < -0.3 is 4.74 Å². The third kappa shape index (κ3) is 8.45. The van der Waals surface area contributed by atoms with Gasteiger partial charge in [-0.05, 0) is 65.4 Å². The molecule has 0 saturated heterocycles. The van der Waals surface area contributed by atoms with E-state index in [1.54, 1.807) is 54.6 Å². The molecule has 6 rings (SSSR count). The highest BCUT2D eigenvalue weighted by Gasteiger charge is 2.59. The molecule has 0 unspecified atom stereocenters. The van der Waals surface area contributed by atoms with Crippen molar-refractivity contribution >= 4 is 39.4 Å². The number of amides is 2. The summed E-state index contributed by atoms with van der Waals surface area (Å²) in [6, 6.07) is 23.8. The van der Waals surface area contributed by atoms with E-state index >= 15 is 4.79 Å². The topological polar surface area (TPSA) is 136 Å². The van der Waals surface area contributed by atoms with Gasteiger partial charge in [0.2, 0.25) is 5.96 Å². The SMILES string of the molecule is C[C@@H](c1ccc(Cl)c(-c2ncnn2C(F)F)c1)N1C(=O)[C@@](CC(C)(C)C(F)(F)F)(c2ccc(-c3ccc(S(C)(=O)=O)cc3)cc2)N=C1NC(=O)OCc1ccccc1. The molecule has 304 valence electrons. The molecule has 11 nitrogen and oxygen atoms in total. The largest absolute Gasteiger partial charge is 0.444 e. The summed E-state index contributed by atoms with van der Waals surface area (Å²) in [4.78, 5) is 38.1. The van der Waals surface area contributed by atoms with Crippen molar-refractivity contribution in [2.75, 3.05) is 6.26 Å². The van der Waals surface area contributed by atoms with Crippen molar-refractivity contribution in [3.63, 3.8) is 0 Å². The van der Waals surface area contributed by atoms with Gasteiger partial charge in [-0.2, -0.15) is 31.7 Å². The van der Waals surface area contributed by atoms with E-state index in [0.29, 0.717) is 21.4 Å². The van der Waals surface area contributed by atoms with E-state index in [1.165, 1.54) is 49.4 Å². The summed E-state index contributed by atoms with van der Waals surface area (Å²) in [6.07, 6.45) is -4.79. The molecule has 0 saturated carbocycles. The molecular weight excluding hydrogens is 807 g/mol. The number of sulfone groups is 1. The molecule has 4 aromatic carbocycles. The predicted octanol–water partition coefficient (Wildman–Crippen LogP) is 9.12. The fraction of sp³-hybridized carbons (Fsp3) is 0.275. The molecule has 0 radical (unpaired) electrons. The van der Waals surface area contributed by atoms with Gasteiger partial charge >= 0.3 is 18.8 Å². The Morgan fingerprint density at radius 3 is 2.16 bits per heavy atom. The van der Waals surface area contributed by atoms with E-state index < -0.39 is 63.9 Å². The van der Waals surface area contributed by atoms with E-state index in [-0.39, 0.29) is 39.0 Å². The molecule has 2 amide bonds. The van der Waals surface area contributed by atoms with Crippen LogP contribution in [0.5, 0.6) is 0 Å². The van der Waals surface area contributed by atoms with Crippen LogP contribution in [0.3, 0.4) is 0 Å². The maximum absolute atomic E-state index is 15.1. The highest BCUT2D eigenvalue weighted by molar-refractivity contribution is 7.90. The van der Waals surface area contributed by atoms with Crippen molar-refractivity contribution in [3.05, 3.63) is 125 Å². The van der Waals surface area contributed by atoms with Crippen LogP contribution in [-0.2, 0) is 31.5 Å². The van der Waals surface area contributed by atoms with E-state index in [1.807, 2.05) is 0 Å². The first-order valence-corrected chi connectivity index (χ1v) is 19.9. The zero-order valence-electron chi connectivity index (χ0n) is 31.3. The Morgan fingerprint density at radius 1 is 0.948 bits per heavy atom. The number of aromatic nitrogens is 3. The van der Waals surface area contributed by atoms with Crippen LogP contribution in [0.15, 0.2) is 113 Å². The Bertz CT molecular complexity index is 2460. The molecule has 2 atom stereocenters. The maximum Gasteiger partial charge on any atom is 0.414 e. The molecule has 0 spiro atoms. The molecule has 1 aromatic heterocycles. The van der Waals surface area contributed by atoms with E-state index in [0.717, 1.165) is 31.3 Å². The molecule has 0 aliphatic carbocycles. The van der Waals surface area contributed by atoms with Crippen LogP contribution in [0.1, 0.15) is 56.5 Å². The van der Waals surface area contributed by atoms with Crippen LogP contribution in [0, 0.1) is 5.41 Å². The summed E-state index contributed by atoms with van der Waals surface area (Å²) in [5.41, 5.74) is -2.68. The third-order valence-corrected chi connectivity index (χ3v) is 11.3. The highest BCUT2D eigenvalue weighted by Crippen LogP contribution is 2.51. The number of carbonyl (C=O) groups is 2. The van der Waals surface area contributed by atoms with Crippen LogP contribution in [0.2, 0.25) is 5.02 Å². The third-order valence-electron chi connectivity index (χ3n) is 9.83. The van der Waals surface area contributed by atoms with Crippen molar-refractivity contribution < 1.29 is 44.7 Å². The second-order valence-electron chi connectivity index (χ2n) is 14.3. The normalized spacial score (nSPS) is 16.7. The number of nitrogens with one attached hydrogen (secondary N) is 1. The lowest BCUT2D eigenvalue weighted by molar-refractivity contribution is -0.218. The second kappa shape index (κ2) is 15.9. The number of carbonyl (C=O) groups excluding carboxylic acids is 2. The van der Waals surface area contributed by atoms with Crippen molar-refractivity contribution in [2.24, 2.45) is 10.4 Å². The van der Waals surface area contributed by atoms with Crippen LogP contribution >= 0.6 is 11.6 Å². The van der Waals surface area contributed by atoms with Gasteiger partial charge in [-0.25, -0.2) is 23.2 Å². The molecule has 1 N–H and O–H groups in total. The number of guanidine groups is 1. The van der Waals surface area contributed by atoms with Crippen LogP contribution in [0.4, 0.5) is 26.7 Å². The van der Waals surface area contributed by atoms with Gasteiger partial charge in [0, 0.05) is 11.8 Å². The molecule has 0 fully saturated rings. The number of ether oxygens (including phenoxy) is 1. The Balaban J connectivity index is 1.46. The first kappa shape index (κ1) is 41.9. The molecule has 5 aromatic rings. The number of hydrogen-bond donors (Lipinski definition) is 1. The minimum Gasteiger partial charge on any atom is -0.444 e. The lowest BCUT2D eigenvalue weighted by Gasteiger charge is -2.37. The number of alkyl carbamates (subject to hydrolysis) is 1. The predicted molar refractivity (Wildman–Crippen MR) is 205 cm³/mol. The minimum absolute atomic E-state index is 0.0161. The summed E-state index contributed by atoms with van der Waals surface area (Å²) in [7, 11) is -3.48. The Hall–Kier alpha value is -5.68. The van der Waals surface area contributed by atoms with Gasteiger partial charge in [-0.1, -0.05) is 98.2 Å². The van der Waals surface area contributed by atoms with E-state index in [4.69, 9.17) is 16.3 Å². The number of aliphatic imine (C=N–C) groups is 1. The number of hydrogen-bond acceptors (Lipinski definition) is 8. The zero-order valence-corrected chi connectivity index (χ0v) is 32.9. The van der Waals surface area contributed by atoms with Gasteiger partial charge in [0.05, 0.1) is 21.4 Å². The molecule has 2 heterocycles. The highest BCUT2D eigenvalue weighted by atomic mass is 35.5. The van der Waals surface area contributed by atoms with Crippen molar-refractivity contribution in [1.82, 2.24) is 25.0 Å². The van der Waals surface area contributed by atoms with Gasteiger partial charge in [-0.3, -0.25) is 15.0 Å². The van der Waals surface area contributed by atoms with Gasteiger partial charge in [0.25, 0.3) is 5.91 Å². The van der Waals surface area contributed by atoms with Crippen LogP contribution < -0.4 is 5.32 Å². The van der Waals surface area contributed by atoms with Crippen molar-refractivity contribution in [1.29, 1.82) is 0 Å². The first-order valence-electron chi connectivity index (χ1n) is 17.6. The summed E-state index contributed by atoms with van der Waals surface area (Å²) >= 11 is 6.43. The van der Waals surface area contributed by atoms with Gasteiger partial charge in [-0.15, -0.1) is 0 Å². The first-order chi connectivity index (χ1) is 27.2. The van der Waals surface area contributed by atoms with Crippen molar-refractivity contribution in [2.45, 2.75) is 63.0 Å². The Labute approximate surface area is 335 Å². The number of rotatable bonds is 11. The van der Waals surface area contributed by atoms with Crippen LogP contribution in [0.25, 0.3) is 22.5 Å². The molecule has 1 aliphatic rings. The average molecular weight is 843 g/mol. The average Bonchev–Trinajstić information content (AvgIpc) is 3.77. The lowest BCUT2D eigenvalue weighted by Crippen LogP contribution is -2.49. The molecule has 0 bridgehead atoms. The Kier molecular flexibility index (Phi) is 11.5. The minimum atomic E-state index is -4.82. The molecular formula is C40H36ClF5N6O5S. The summed E-state index contributed by atoms with van der Waals surface area (Å²) < 4.78 is 102. The summed E-state index contributed by atoms with van der Waals surface area (Å²) in [6.45, 7) is 0.132. The summed E-state index contributed by atoms with van der Waals surface area (Å²) in [5.74, 6) is -1.65. The molecule has 18 heteroatoms. The zero-order chi connectivity index (χ0) is 42.2. The van der Waals surface area contributed by atoms with E-state index in [2.05, 4.69) is 20.4 Å². The number of nitrogens with zero attached hydrogens (tertiary/aromatic N) is 5. The molecule has 58 heavy (non-hydrogen) atoms. The quantitative estimate of drug-likeness (QED) is 0.131. The van der Waals surface area contributed by atoms with E-state index in [9.17, 15) is 35.2 Å². The second-order valence-corrected chi connectivity index (χ2v) is 16.7. The fourth-order valence-electron chi connectivity index (χ4n) is 6.56.